The Hall–Kier alpha value is -5.22. The highest BCUT2D eigenvalue weighted by atomic mass is 16.8. The van der Waals surface area contributed by atoms with E-state index in [0.29, 0.717) is 5.56 Å². The van der Waals surface area contributed by atoms with Crippen molar-refractivity contribution in [3.63, 3.8) is 0 Å². The number of fused-ring (bicyclic) bond motifs is 1. The number of carbonyl (C=O) groups is 2. The number of hydrogen-bond donors (Lipinski definition) is 0. The lowest BCUT2D eigenvalue weighted by Crippen LogP contribution is -2.75. The Balaban J connectivity index is 1.33. The fraction of sp³-hybridized carbons (Fsp3) is 0.395. The van der Waals surface area contributed by atoms with Crippen molar-refractivity contribution in [2.75, 3.05) is 20.3 Å². The summed E-state index contributed by atoms with van der Waals surface area (Å²) in [6.45, 7) is 2.31. The minimum Gasteiger partial charge on any atom is -0.459 e. The summed E-state index contributed by atoms with van der Waals surface area (Å²) in [5.41, 5.74) is -0.960. The number of ether oxygens (including phenoxy) is 8. The Labute approximate surface area is 330 Å². The van der Waals surface area contributed by atoms with Crippen LogP contribution in [0.3, 0.4) is 0 Å². The Morgan fingerprint density at radius 2 is 1.26 bits per heavy atom. The molecule has 0 N–H and O–H groups in total. The first kappa shape index (κ1) is 40.0. The van der Waals surface area contributed by atoms with Gasteiger partial charge in [0, 0.05) is 19.0 Å². The second kappa shape index (κ2) is 17.1. The topological polar surface area (TPSA) is 154 Å². The quantitative estimate of drug-likeness (QED) is 0.0763. The number of methoxy groups -OCH3 is 1. The standard InChI is InChI=1S/C43H46N2O12/c1-41-42(2,50-3)57-40(47)44(41)43(29-55-41,39(46)54-27-33-22-14-7-15-23-33)38-35(45(48)49)37(53-26-32-20-12-6-13-21-32)36(52-25-31-18-10-5-11-19-31)34(56-38)28-51-24-30-16-8-4-9-17-30/h4-23,34-38H,24-29H2,1-3H3/t34-,35-,36+,37-,38+,41+,42-,43-/m1/s1. The van der Waals surface area contributed by atoms with Crippen molar-refractivity contribution in [2.45, 2.75) is 87.8 Å². The highest BCUT2D eigenvalue weighted by molar-refractivity contribution is 5.89. The molecule has 1 amide bonds. The molecule has 14 heteroatoms. The summed E-state index contributed by atoms with van der Waals surface area (Å²) in [5, 5.41) is 13.7. The Morgan fingerprint density at radius 1 is 0.772 bits per heavy atom. The molecule has 3 aliphatic heterocycles. The molecule has 0 aliphatic carbocycles. The van der Waals surface area contributed by atoms with Crippen LogP contribution in [0.2, 0.25) is 0 Å². The number of esters is 1. The molecule has 0 radical (unpaired) electrons. The van der Waals surface area contributed by atoms with Crippen LogP contribution in [0.1, 0.15) is 36.1 Å². The van der Waals surface area contributed by atoms with Gasteiger partial charge in [-0.3, -0.25) is 15.0 Å². The van der Waals surface area contributed by atoms with E-state index in [-0.39, 0.29) is 33.0 Å². The van der Waals surface area contributed by atoms with Gasteiger partial charge in [0.25, 0.3) is 11.8 Å². The normalized spacial score (nSPS) is 29.4. The van der Waals surface area contributed by atoms with Gasteiger partial charge in [0.2, 0.25) is 11.3 Å². The fourth-order valence-corrected chi connectivity index (χ4v) is 7.77. The second-order valence-electron chi connectivity index (χ2n) is 14.5. The molecule has 3 aliphatic rings. The molecule has 0 spiro atoms. The molecule has 3 saturated heterocycles. The number of carbonyl (C=O) groups excluding carboxylic acids is 2. The van der Waals surface area contributed by atoms with E-state index in [1.165, 1.54) is 21.0 Å². The van der Waals surface area contributed by atoms with Crippen molar-refractivity contribution in [1.82, 2.24) is 4.90 Å². The predicted octanol–water partition coefficient (Wildman–Crippen LogP) is 5.83. The van der Waals surface area contributed by atoms with E-state index in [0.717, 1.165) is 21.6 Å². The minimum atomic E-state index is -2.29. The van der Waals surface area contributed by atoms with Crippen LogP contribution in [0.25, 0.3) is 0 Å². The maximum Gasteiger partial charge on any atom is 0.416 e. The molecule has 3 fully saturated rings. The third kappa shape index (κ3) is 7.89. The molecular formula is C43H46N2O12. The van der Waals surface area contributed by atoms with E-state index in [1.807, 2.05) is 97.1 Å². The van der Waals surface area contributed by atoms with Gasteiger partial charge in [-0.15, -0.1) is 0 Å². The number of cyclic esters (lactones) is 1. The minimum absolute atomic E-state index is 0.0431. The highest BCUT2D eigenvalue weighted by Crippen LogP contribution is 2.53. The van der Waals surface area contributed by atoms with Gasteiger partial charge in [0.15, 0.2) is 12.2 Å². The molecule has 3 heterocycles. The number of nitro groups is 1. The molecule has 0 aromatic heterocycles. The van der Waals surface area contributed by atoms with E-state index >= 15 is 0 Å². The SMILES string of the molecule is CO[C@]1(C)OC(=O)N2[C@@](C(=O)OCc3ccccc3)([C@H]3O[C@H](COCc4ccccc4)[C@H](OCc4ccccc4)[C@H](OCc4ccccc4)[C@H]3[N+](=O)[O-])CO[C@]21C. The second-order valence-corrected chi connectivity index (χ2v) is 14.5. The van der Waals surface area contributed by atoms with Crippen molar-refractivity contribution in [2.24, 2.45) is 0 Å². The average molecular weight is 783 g/mol. The van der Waals surface area contributed by atoms with Crippen molar-refractivity contribution in [1.29, 1.82) is 0 Å². The van der Waals surface area contributed by atoms with Crippen LogP contribution in [-0.4, -0.2) is 89.7 Å². The average Bonchev–Trinajstić information content (AvgIpc) is 3.67. The summed E-state index contributed by atoms with van der Waals surface area (Å²) in [4.78, 5) is 43.2. The monoisotopic (exact) mass is 782 g/mol. The zero-order valence-corrected chi connectivity index (χ0v) is 32.0. The third-order valence-electron chi connectivity index (χ3n) is 11.0. The van der Waals surface area contributed by atoms with Gasteiger partial charge in [-0.05, 0) is 29.2 Å². The third-order valence-corrected chi connectivity index (χ3v) is 11.0. The van der Waals surface area contributed by atoms with Crippen LogP contribution in [0.5, 0.6) is 0 Å². The van der Waals surface area contributed by atoms with Crippen LogP contribution in [0, 0.1) is 10.1 Å². The van der Waals surface area contributed by atoms with Crippen molar-refractivity contribution in [3.8, 4) is 0 Å². The Bertz CT molecular complexity index is 1980. The van der Waals surface area contributed by atoms with Gasteiger partial charge in [0.05, 0.1) is 33.0 Å². The molecule has 300 valence electrons. The number of hydrogen-bond acceptors (Lipinski definition) is 12. The summed E-state index contributed by atoms with van der Waals surface area (Å²) in [6, 6.07) is 35.1. The molecule has 4 aromatic rings. The van der Waals surface area contributed by atoms with Crippen LogP contribution in [0.15, 0.2) is 121 Å². The molecular weight excluding hydrogens is 736 g/mol. The van der Waals surface area contributed by atoms with E-state index in [2.05, 4.69) is 0 Å². The maximum atomic E-state index is 14.9. The number of rotatable bonds is 16. The Morgan fingerprint density at radius 3 is 1.77 bits per heavy atom. The summed E-state index contributed by atoms with van der Waals surface area (Å²) < 4.78 is 49.8. The van der Waals surface area contributed by atoms with E-state index in [9.17, 15) is 19.7 Å². The van der Waals surface area contributed by atoms with E-state index in [1.54, 1.807) is 24.3 Å². The van der Waals surface area contributed by atoms with Crippen LogP contribution in [-0.2, 0) is 69.1 Å². The van der Waals surface area contributed by atoms with Crippen molar-refractivity contribution >= 4 is 12.1 Å². The van der Waals surface area contributed by atoms with Crippen LogP contribution in [0.4, 0.5) is 4.79 Å². The van der Waals surface area contributed by atoms with Gasteiger partial charge in [0.1, 0.15) is 18.8 Å². The summed E-state index contributed by atoms with van der Waals surface area (Å²) in [5.74, 6) is -2.73. The Kier molecular flexibility index (Phi) is 12.0. The lowest BCUT2D eigenvalue weighted by atomic mass is 9.79. The fourth-order valence-electron chi connectivity index (χ4n) is 7.77. The van der Waals surface area contributed by atoms with Crippen molar-refractivity contribution in [3.05, 3.63) is 154 Å². The first-order valence-electron chi connectivity index (χ1n) is 18.7. The summed E-state index contributed by atoms with van der Waals surface area (Å²) >= 11 is 0. The molecule has 0 unspecified atom stereocenters. The van der Waals surface area contributed by atoms with Crippen LogP contribution < -0.4 is 0 Å². The largest absolute Gasteiger partial charge is 0.459 e. The smallest absolute Gasteiger partial charge is 0.416 e. The molecule has 4 aromatic carbocycles. The van der Waals surface area contributed by atoms with Gasteiger partial charge in [-0.2, -0.15) is 0 Å². The molecule has 14 nitrogen and oxygen atoms in total. The van der Waals surface area contributed by atoms with Gasteiger partial charge in [-0.1, -0.05) is 121 Å². The van der Waals surface area contributed by atoms with Gasteiger partial charge >= 0.3 is 12.1 Å². The molecule has 0 bridgehead atoms. The molecule has 57 heavy (non-hydrogen) atoms. The summed E-state index contributed by atoms with van der Waals surface area (Å²) in [7, 11) is 1.33. The first-order chi connectivity index (χ1) is 27.6. The number of nitrogens with zero attached hydrogens (tertiary/aromatic N) is 2. The van der Waals surface area contributed by atoms with Crippen LogP contribution >= 0.6 is 0 Å². The molecule has 7 rings (SSSR count). The first-order valence-corrected chi connectivity index (χ1v) is 18.7. The lowest BCUT2D eigenvalue weighted by molar-refractivity contribution is -0.565. The van der Waals surface area contributed by atoms with Gasteiger partial charge in [-0.25, -0.2) is 9.59 Å². The summed E-state index contributed by atoms with van der Waals surface area (Å²) in [6.07, 6.45) is -6.28. The van der Waals surface area contributed by atoms with E-state index in [4.69, 9.17) is 37.9 Å². The van der Waals surface area contributed by atoms with E-state index < -0.39 is 71.1 Å². The zero-order chi connectivity index (χ0) is 40.0. The molecule has 8 atom stereocenters. The molecule has 0 saturated carbocycles. The maximum absolute atomic E-state index is 14.9. The zero-order valence-electron chi connectivity index (χ0n) is 32.0. The van der Waals surface area contributed by atoms with Crippen molar-refractivity contribution < 1.29 is 52.4 Å². The predicted molar refractivity (Wildman–Crippen MR) is 203 cm³/mol. The highest BCUT2D eigenvalue weighted by Gasteiger charge is 2.79. The number of amides is 1. The lowest BCUT2D eigenvalue weighted by Gasteiger charge is -2.48. The van der Waals surface area contributed by atoms with Gasteiger partial charge < -0.3 is 37.9 Å². The number of benzene rings is 4.